The second-order valence-electron chi connectivity index (χ2n) is 4.83. The third-order valence-electron chi connectivity index (χ3n) is 3.01. The number of ether oxygens (including phenoxy) is 1. The minimum Gasteiger partial charge on any atom is -0.490 e. The van der Waals surface area contributed by atoms with Gasteiger partial charge < -0.3 is 9.64 Å². The Bertz CT molecular complexity index is 360. The van der Waals surface area contributed by atoms with Gasteiger partial charge in [-0.15, -0.1) is 0 Å². The fraction of sp³-hybridized carbons (Fsp3) is 0.571. The highest BCUT2D eigenvalue weighted by molar-refractivity contribution is 5.61. The Morgan fingerprint density at radius 2 is 2.19 bits per heavy atom. The van der Waals surface area contributed by atoms with Crippen LogP contribution in [0.15, 0.2) is 18.2 Å². The van der Waals surface area contributed by atoms with Crippen molar-refractivity contribution in [2.75, 3.05) is 24.6 Å². The van der Waals surface area contributed by atoms with Crippen LogP contribution in [0, 0.1) is 5.92 Å². The highest BCUT2D eigenvalue weighted by Gasteiger charge is 2.16. The van der Waals surface area contributed by atoms with Crippen molar-refractivity contribution in [3.63, 3.8) is 0 Å². The number of hydrogen-bond donors (Lipinski definition) is 0. The van der Waals surface area contributed by atoms with Crippen LogP contribution in [0.4, 0.5) is 5.69 Å². The highest BCUT2D eigenvalue weighted by atomic mass is 16.5. The van der Waals surface area contributed by atoms with E-state index in [9.17, 15) is 0 Å². The van der Waals surface area contributed by atoms with E-state index in [4.69, 9.17) is 4.74 Å². The van der Waals surface area contributed by atoms with Gasteiger partial charge in [0.1, 0.15) is 12.4 Å². The molecule has 0 aromatic heterocycles. The standard InChI is InChI=1S/C14H21NO/c1-4-15-7-8-16-14-6-5-12(9-11(2)3)10-13(14)15/h5-6,10-11H,4,7-9H2,1-3H3. The lowest BCUT2D eigenvalue weighted by Gasteiger charge is -2.30. The van der Waals surface area contributed by atoms with Gasteiger partial charge in [-0.3, -0.25) is 0 Å². The van der Waals surface area contributed by atoms with Crippen molar-refractivity contribution in [1.82, 2.24) is 0 Å². The Kier molecular flexibility index (Phi) is 3.37. The van der Waals surface area contributed by atoms with E-state index in [2.05, 4.69) is 43.9 Å². The molecule has 0 N–H and O–H groups in total. The van der Waals surface area contributed by atoms with Gasteiger partial charge in [-0.2, -0.15) is 0 Å². The van der Waals surface area contributed by atoms with E-state index < -0.39 is 0 Å². The quantitative estimate of drug-likeness (QED) is 0.774. The molecule has 0 atom stereocenters. The van der Waals surface area contributed by atoms with Crippen LogP contribution in [0.2, 0.25) is 0 Å². The van der Waals surface area contributed by atoms with Crippen molar-refractivity contribution in [2.45, 2.75) is 27.2 Å². The van der Waals surface area contributed by atoms with E-state index in [1.54, 1.807) is 0 Å². The maximum atomic E-state index is 5.67. The molecule has 0 unspecified atom stereocenters. The van der Waals surface area contributed by atoms with Crippen LogP contribution in [-0.2, 0) is 6.42 Å². The zero-order valence-electron chi connectivity index (χ0n) is 10.5. The molecule has 0 aliphatic carbocycles. The molecule has 88 valence electrons. The van der Waals surface area contributed by atoms with Crippen molar-refractivity contribution in [1.29, 1.82) is 0 Å². The van der Waals surface area contributed by atoms with Crippen LogP contribution in [0.3, 0.4) is 0 Å². The summed E-state index contributed by atoms with van der Waals surface area (Å²) in [5, 5.41) is 0. The van der Waals surface area contributed by atoms with Gasteiger partial charge in [-0.1, -0.05) is 19.9 Å². The topological polar surface area (TPSA) is 12.5 Å². The molecule has 2 nitrogen and oxygen atoms in total. The van der Waals surface area contributed by atoms with Crippen LogP contribution < -0.4 is 9.64 Å². The van der Waals surface area contributed by atoms with E-state index in [1.807, 2.05) is 0 Å². The lowest BCUT2D eigenvalue weighted by atomic mass is 10.0. The zero-order chi connectivity index (χ0) is 11.5. The van der Waals surface area contributed by atoms with Crippen LogP contribution in [0.5, 0.6) is 5.75 Å². The van der Waals surface area contributed by atoms with Gasteiger partial charge in [0.2, 0.25) is 0 Å². The summed E-state index contributed by atoms with van der Waals surface area (Å²) in [5.41, 5.74) is 2.68. The molecule has 1 aromatic rings. The van der Waals surface area contributed by atoms with Crippen LogP contribution in [0.1, 0.15) is 26.3 Å². The summed E-state index contributed by atoms with van der Waals surface area (Å²) in [7, 11) is 0. The third-order valence-corrected chi connectivity index (χ3v) is 3.01. The minimum absolute atomic E-state index is 0.706. The van der Waals surface area contributed by atoms with Crippen molar-refractivity contribution < 1.29 is 4.74 Å². The molecule has 0 saturated carbocycles. The van der Waals surface area contributed by atoms with Crippen molar-refractivity contribution in [3.05, 3.63) is 23.8 Å². The molecule has 1 aromatic carbocycles. The number of benzene rings is 1. The summed E-state index contributed by atoms with van der Waals surface area (Å²) in [6.45, 7) is 9.59. The lowest BCUT2D eigenvalue weighted by Crippen LogP contribution is -2.32. The van der Waals surface area contributed by atoms with Gasteiger partial charge in [-0.25, -0.2) is 0 Å². The normalized spacial score (nSPS) is 14.9. The summed E-state index contributed by atoms with van der Waals surface area (Å²) >= 11 is 0. The molecular formula is C14H21NO. The largest absolute Gasteiger partial charge is 0.490 e. The summed E-state index contributed by atoms with van der Waals surface area (Å²) in [4.78, 5) is 2.39. The number of hydrogen-bond acceptors (Lipinski definition) is 2. The predicted octanol–water partition coefficient (Wildman–Crippen LogP) is 3.10. The monoisotopic (exact) mass is 219 g/mol. The first kappa shape index (κ1) is 11.3. The molecule has 0 bridgehead atoms. The average Bonchev–Trinajstić information content (AvgIpc) is 2.27. The smallest absolute Gasteiger partial charge is 0.142 e. The lowest BCUT2D eigenvalue weighted by molar-refractivity contribution is 0.308. The minimum atomic E-state index is 0.706. The van der Waals surface area contributed by atoms with Gasteiger partial charge in [0.15, 0.2) is 0 Å². The number of fused-ring (bicyclic) bond motifs is 1. The third kappa shape index (κ3) is 2.31. The Morgan fingerprint density at radius 1 is 1.38 bits per heavy atom. The molecule has 0 saturated heterocycles. The summed E-state index contributed by atoms with van der Waals surface area (Å²) in [5.74, 6) is 1.75. The molecule has 1 aliphatic heterocycles. The van der Waals surface area contributed by atoms with E-state index in [1.165, 1.54) is 11.3 Å². The summed E-state index contributed by atoms with van der Waals surface area (Å²) in [6, 6.07) is 6.60. The zero-order valence-corrected chi connectivity index (χ0v) is 10.5. The fourth-order valence-corrected chi connectivity index (χ4v) is 2.25. The molecule has 16 heavy (non-hydrogen) atoms. The molecule has 0 fully saturated rings. The number of likely N-dealkylation sites (N-methyl/N-ethyl adjacent to an activating group) is 1. The molecule has 0 amide bonds. The Hall–Kier alpha value is -1.18. The highest BCUT2D eigenvalue weighted by Crippen LogP contribution is 2.32. The first-order valence-electron chi connectivity index (χ1n) is 6.21. The Morgan fingerprint density at radius 3 is 2.88 bits per heavy atom. The Balaban J connectivity index is 2.27. The van der Waals surface area contributed by atoms with Crippen molar-refractivity contribution >= 4 is 5.69 Å². The van der Waals surface area contributed by atoms with Gasteiger partial charge in [-0.05, 0) is 37.0 Å². The number of anilines is 1. The second-order valence-corrected chi connectivity index (χ2v) is 4.83. The van der Waals surface area contributed by atoms with Gasteiger partial charge in [0.25, 0.3) is 0 Å². The fourth-order valence-electron chi connectivity index (χ4n) is 2.25. The summed E-state index contributed by atoms with van der Waals surface area (Å²) in [6.07, 6.45) is 1.14. The SMILES string of the molecule is CCN1CCOc2ccc(CC(C)C)cc21. The van der Waals surface area contributed by atoms with Crippen molar-refractivity contribution in [3.8, 4) is 5.75 Å². The van der Waals surface area contributed by atoms with E-state index in [0.717, 1.165) is 31.9 Å². The first-order valence-corrected chi connectivity index (χ1v) is 6.21. The van der Waals surface area contributed by atoms with Gasteiger partial charge in [0, 0.05) is 6.54 Å². The van der Waals surface area contributed by atoms with Crippen LogP contribution in [0.25, 0.3) is 0 Å². The molecule has 1 heterocycles. The summed E-state index contributed by atoms with van der Waals surface area (Å²) < 4.78 is 5.67. The molecular weight excluding hydrogens is 198 g/mol. The molecule has 0 spiro atoms. The molecule has 0 radical (unpaired) electrons. The van der Waals surface area contributed by atoms with E-state index in [-0.39, 0.29) is 0 Å². The van der Waals surface area contributed by atoms with Gasteiger partial charge >= 0.3 is 0 Å². The molecule has 2 rings (SSSR count). The van der Waals surface area contributed by atoms with Gasteiger partial charge in [0.05, 0.1) is 12.2 Å². The Labute approximate surface area is 98.2 Å². The van der Waals surface area contributed by atoms with Crippen LogP contribution >= 0.6 is 0 Å². The van der Waals surface area contributed by atoms with E-state index >= 15 is 0 Å². The first-order chi connectivity index (χ1) is 7.70. The van der Waals surface area contributed by atoms with Crippen LogP contribution in [-0.4, -0.2) is 19.7 Å². The number of nitrogens with zero attached hydrogens (tertiary/aromatic N) is 1. The molecule has 2 heteroatoms. The number of rotatable bonds is 3. The maximum Gasteiger partial charge on any atom is 0.142 e. The predicted molar refractivity (Wildman–Crippen MR) is 68.4 cm³/mol. The van der Waals surface area contributed by atoms with E-state index in [0.29, 0.717) is 5.92 Å². The second kappa shape index (κ2) is 4.77. The molecule has 1 aliphatic rings. The van der Waals surface area contributed by atoms with Crippen molar-refractivity contribution in [2.24, 2.45) is 5.92 Å². The average molecular weight is 219 g/mol. The maximum absolute atomic E-state index is 5.67.